The summed E-state index contributed by atoms with van der Waals surface area (Å²) in [6.45, 7) is 7.06. The van der Waals surface area contributed by atoms with Gasteiger partial charge in [-0.1, -0.05) is 6.42 Å². The molecule has 29 heavy (non-hydrogen) atoms. The lowest BCUT2D eigenvalue weighted by Gasteiger charge is -2.30. The first-order valence-corrected chi connectivity index (χ1v) is 10.1. The number of carbonyl (C=O) groups excluding carboxylic acids is 1. The average molecular weight is 518 g/mol. The Kier molecular flexibility index (Phi) is 11.2. The van der Waals surface area contributed by atoms with Crippen LogP contribution in [0, 0.1) is 5.92 Å². The summed E-state index contributed by atoms with van der Waals surface area (Å²) in [6.07, 6.45) is 3.76. The molecular weight excluding hydrogens is 483 g/mol. The molecule has 0 bridgehead atoms. The molecule has 7 nitrogen and oxygen atoms in total. The first-order chi connectivity index (χ1) is 13.4. The van der Waals surface area contributed by atoms with Crippen molar-refractivity contribution in [2.45, 2.75) is 65.1 Å². The highest BCUT2D eigenvalue weighted by atomic mass is 127. The molecule has 1 saturated carbocycles. The monoisotopic (exact) mass is 518 g/mol. The van der Waals surface area contributed by atoms with Crippen LogP contribution in [-0.2, 0) is 11.3 Å². The van der Waals surface area contributed by atoms with Gasteiger partial charge in [-0.25, -0.2) is 4.99 Å². The van der Waals surface area contributed by atoms with Crippen molar-refractivity contribution in [2.75, 3.05) is 13.7 Å². The number of nitrogens with one attached hydrogen (secondary N) is 3. The molecule has 0 spiro atoms. The van der Waals surface area contributed by atoms with Crippen LogP contribution in [0.25, 0.3) is 0 Å². The summed E-state index contributed by atoms with van der Waals surface area (Å²) in [5.74, 6) is 1.76. The number of nitrogens with zero attached hydrogens (tertiary/aromatic N) is 1. The van der Waals surface area contributed by atoms with Gasteiger partial charge in [0, 0.05) is 30.1 Å². The van der Waals surface area contributed by atoms with E-state index in [9.17, 15) is 9.90 Å². The van der Waals surface area contributed by atoms with Gasteiger partial charge in [0.1, 0.15) is 11.5 Å². The Morgan fingerprint density at radius 1 is 1.34 bits per heavy atom. The lowest BCUT2D eigenvalue weighted by molar-refractivity contribution is -0.126. The molecule has 1 amide bonds. The predicted molar refractivity (Wildman–Crippen MR) is 127 cm³/mol. The highest BCUT2D eigenvalue weighted by molar-refractivity contribution is 14.0. The lowest BCUT2D eigenvalue weighted by atomic mass is 9.85. The Balaban J connectivity index is 0.00000420. The van der Waals surface area contributed by atoms with E-state index in [1.165, 1.54) is 0 Å². The van der Waals surface area contributed by atoms with E-state index >= 15 is 0 Å². The van der Waals surface area contributed by atoms with Gasteiger partial charge >= 0.3 is 0 Å². The van der Waals surface area contributed by atoms with Crippen LogP contribution in [0.5, 0.6) is 11.5 Å². The highest BCUT2D eigenvalue weighted by Gasteiger charge is 2.28. The van der Waals surface area contributed by atoms with Crippen molar-refractivity contribution in [1.29, 1.82) is 0 Å². The van der Waals surface area contributed by atoms with Crippen LogP contribution in [-0.4, -0.2) is 42.7 Å². The predicted octanol–water partition coefficient (Wildman–Crippen LogP) is 3.16. The molecule has 8 heteroatoms. The van der Waals surface area contributed by atoms with Crippen molar-refractivity contribution < 1.29 is 14.6 Å². The van der Waals surface area contributed by atoms with E-state index in [0.29, 0.717) is 23.8 Å². The van der Waals surface area contributed by atoms with Crippen LogP contribution < -0.4 is 20.7 Å². The van der Waals surface area contributed by atoms with E-state index in [-0.39, 0.29) is 53.6 Å². The van der Waals surface area contributed by atoms with Crippen molar-refractivity contribution in [3.63, 3.8) is 0 Å². The molecule has 0 heterocycles. The number of rotatable bonds is 7. The lowest BCUT2D eigenvalue weighted by Crippen LogP contribution is -2.47. The third-order valence-corrected chi connectivity index (χ3v) is 4.86. The largest absolute Gasteiger partial charge is 0.508 e. The Morgan fingerprint density at radius 3 is 2.76 bits per heavy atom. The summed E-state index contributed by atoms with van der Waals surface area (Å²) >= 11 is 0. The maximum Gasteiger partial charge on any atom is 0.223 e. The summed E-state index contributed by atoms with van der Waals surface area (Å²) in [6, 6.07) is 5.48. The van der Waals surface area contributed by atoms with Crippen LogP contribution in [0.3, 0.4) is 0 Å². The zero-order chi connectivity index (χ0) is 20.5. The van der Waals surface area contributed by atoms with Crippen molar-refractivity contribution in [1.82, 2.24) is 16.0 Å². The maximum absolute atomic E-state index is 12.3. The second-order valence-electron chi connectivity index (χ2n) is 7.56. The summed E-state index contributed by atoms with van der Waals surface area (Å²) in [7, 11) is 1.60. The standard InChI is InChI=1S/C21H34N4O3.HI/c1-5-22-21(23-13-16-12-18(28-4)9-10-19(16)26)25-17-8-6-7-15(11-17)20(27)24-14(2)3;/h9-10,12,14-15,17,26H,5-8,11,13H2,1-4H3,(H,24,27)(H2,22,23,25);1H. The number of aliphatic imine (C=N–C) groups is 1. The van der Waals surface area contributed by atoms with Gasteiger partial charge in [-0.05, 0) is 58.2 Å². The van der Waals surface area contributed by atoms with E-state index in [4.69, 9.17) is 4.74 Å². The van der Waals surface area contributed by atoms with Crippen LogP contribution in [0.4, 0.5) is 0 Å². The first-order valence-electron chi connectivity index (χ1n) is 10.1. The molecule has 1 aromatic carbocycles. The molecule has 1 fully saturated rings. The molecule has 1 aliphatic rings. The fraction of sp³-hybridized carbons (Fsp3) is 0.619. The molecule has 1 aromatic rings. The molecule has 0 aromatic heterocycles. The van der Waals surface area contributed by atoms with E-state index in [0.717, 1.165) is 32.2 Å². The zero-order valence-electron chi connectivity index (χ0n) is 17.8. The number of methoxy groups -OCH3 is 1. The number of phenols is 1. The number of hydrogen-bond donors (Lipinski definition) is 4. The van der Waals surface area contributed by atoms with E-state index in [2.05, 4.69) is 20.9 Å². The van der Waals surface area contributed by atoms with Gasteiger partial charge in [0.15, 0.2) is 5.96 Å². The second kappa shape index (κ2) is 12.8. The number of aromatic hydroxyl groups is 1. The van der Waals surface area contributed by atoms with Crippen molar-refractivity contribution in [2.24, 2.45) is 10.9 Å². The van der Waals surface area contributed by atoms with Crippen LogP contribution >= 0.6 is 24.0 Å². The third-order valence-electron chi connectivity index (χ3n) is 4.86. The van der Waals surface area contributed by atoms with Crippen molar-refractivity contribution in [3.8, 4) is 11.5 Å². The molecule has 1 aliphatic carbocycles. The van der Waals surface area contributed by atoms with Crippen LogP contribution in [0.1, 0.15) is 52.0 Å². The number of amides is 1. The number of halogens is 1. The van der Waals surface area contributed by atoms with Gasteiger partial charge in [-0.15, -0.1) is 24.0 Å². The van der Waals surface area contributed by atoms with Gasteiger partial charge in [0.05, 0.1) is 13.7 Å². The van der Waals surface area contributed by atoms with Crippen LogP contribution in [0.2, 0.25) is 0 Å². The number of carbonyl (C=O) groups is 1. The number of benzene rings is 1. The molecule has 0 radical (unpaired) electrons. The van der Waals surface area contributed by atoms with Crippen molar-refractivity contribution >= 4 is 35.8 Å². The average Bonchev–Trinajstić information content (AvgIpc) is 2.67. The maximum atomic E-state index is 12.3. The third kappa shape index (κ3) is 8.28. The topological polar surface area (TPSA) is 95.0 Å². The Hall–Kier alpha value is -1.71. The fourth-order valence-corrected chi connectivity index (χ4v) is 3.45. The fourth-order valence-electron chi connectivity index (χ4n) is 3.45. The Morgan fingerprint density at radius 2 is 2.10 bits per heavy atom. The van der Waals surface area contributed by atoms with Gasteiger partial charge in [-0.2, -0.15) is 0 Å². The molecule has 2 atom stereocenters. The number of guanidine groups is 1. The number of phenolic OH excluding ortho intramolecular Hbond substituents is 1. The van der Waals surface area contributed by atoms with Crippen molar-refractivity contribution in [3.05, 3.63) is 23.8 Å². The minimum absolute atomic E-state index is 0. The molecular formula is C21H35IN4O3. The van der Waals surface area contributed by atoms with Gasteiger partial charge in [0.25, 0.3) is 0 Å². The van der Waals surface area contributed by atoms with E-state index in [1.54, 1.807) is 25.3 Å². The van der Waals surface area contributed by atoms with E-state index < -0.39 is 0 Å². The molecule has 164 valence electrons. The Bertz CT molecular complexity index is 682. The summed E-state index contributed by atoms with van der Waals surface area (Å²) in [5, 5.41) is 19.8. The molecule has 0 saturated heterocycles. The minimum Gasteiger partial charge on any atom is -0.508 e. The van der Waals surface area contributed by atoms with E-state index in [1.807, 2.05) is 20.8 Å². The zero-order valence-corrected chi connectivity index (χ0v) is 20.2. The minimum atomic E-state index is 0. The second-order valence-corrected chi connectivity index (χ2v) is 7.56. The highest BCUT2D eigenvalue weighted by Crippen LogP contribution is 2.25. The quantitative estimate of drug-likeness (QED) is 0.253. The van der Waals surface area contributed by atoms with Gasteiger partial charge in [-0.3, -0.25) is 4.79 Å². The number of hydrogen-bond acceptors (Lipinski definition) is 4. The molecule has 2 rings (SSSR count). The first kappa shape index (κ1) is 25.3. The molecule has 2 unspecified atom stereocenters. The normalized spacial score (nSPS) is 19.3. The summed E-state index contributed by atoms with van der Waals surface area (Å²) in [5.41, 5.74) is 0.703. The molecule has 0 aliphatic heterocycles. The smallest absolute Gasteiger partial charge is 0.223 e. The summed E-state index contributed by atoms with van der Waals surface area (Å²) in [4.78, 5) is 17.0. The SMILES string of the molecule is CCNC(=NCc1cc(OC)ccc1O)NC1CCCC(C(=O)NC(C)C)C1.I. The van der Waals surface area contributed by atoms with Crippen LogP contribution in [0.15, 0.2) is 23.2 Å². The number of ether oxygens (including phenoxy) is 1. The summed E-state index contributed by atoms with van der Waals surface area (Å²) < 4.78 is 5.22. The van der Waals surface area contributed by atoms with Gasteiger partial charge < -0.3 is 25.8 Å². The molecule has 4 N–H and O–H groups in total. The van der Waals surface area contributed by atoms with Gasteiger partial charge in [0.2, 0.25) is 5.91 Å². The Labute approximate surface area is 191 Å².